The molecule has 1 aromatic heterocycles. The van der Waals surface area contributed by atoms with E-state index in [1.807, 2.05) is 13.8 Å². The molecule has 2 unspecified atom stereocenters. The quantitative estimate of drug-likeness (QED) is 0.861. The fourth-order valence-electron chi connectivity index (χ4n) is 1.84. The van der Waals surface area contributed by atoms with E-state index in [1.54, 1.807) is 18.8 Å². The van der Waals surface area contributed by atoms with Gasteiger partial charge in [0.2, 0.25) is 0 Å². The summed E-state index contributed by atoms with van der Waals surface area (Å²) in [6.45, 7) is 3.87. The number of ether oxygens (including phenoxy) is 1. The van der Waals surface area contributed by atoms with E-state index in [4.69, 9.17) is 16.3 Å². The zero-order chi connectivity index (χ0) is 12.3. The summed E-state index contributed by atoms with van der Waals surface area (Å²) >= 11 is 6.10. The van der Waals surface area contributed by atoms with E-state index in [2.05, 4.69) is 5.10 Å². The van der Waals surface area contributed by atoms with Crippen molar-refractivity contribution in [3.8, 4) is 0 Å². The zero-order valence-corrected chi connectivity index (χ0v) is 11.0. The van der Waals surface area contributed by atoms with Gasteiger partial charge in [0.15, 0.2) is 0 Å². The molecule has 0 bridgehead atoms. The van der Waals surface area contributed by atoms with Crippen LogP contribution in [0.15, 0.2) is 0 Å². The minimum absolute atomic E-state index is 0.157. The van der Waals surface area contributed by atoms with Crippen LogP contribution in [0, 0.1) is 6.92 Å². The number of rotatable bonds is 5. The van der Waals surface area contributed by atoms with E-state index >= 15 is 0 Å². The lowest BCUT2D eigenvalue weighted by Gasteiger charge is -2.19. The van der Waals surface area contributed by atoms with Crippen molar-refractivity contribution in [3.05, 3.63) is 16.4 Å². The van der Waals surface area contributed by atoms with Crippen LogP contribution in [0.25, 0.3) is 0 Å². The van der Waals surface area contributed by atoms with Gasteiger partial charge in [-0.15, -0.1) is 0 Å². The van der Waals surface area contributed by atoms with Gasteiger partial charge in [-0.25, -0.2) is 0 Å². The van der Waals surface area contributed by atoms with Crippen molar-refractivity contribution in [3.63, 3.8) is 0 Å². The summed E-state index contributed by atoms with van der Waals surface area (Å²) in [7, 11) is 3.40. The molecule has 1 heterocycles. The number of aliphatic hydroxyl groups excluding tert-OH is 1. The first-order chi connectivity index (χ1) is 7.51. The van der Waals surface area contributed by atoms with Crippen molar-refractivity contribution in [1.29, 1.82) is 0 Å². The molecule has 0 aromatic carbocycles. The van der Waals surface area contributed by atoms with Crippen molar-refractivity contribution in [2.75, 3.05) is 7.11 Å². The molecule has 0 aliphatic carbocycles. The van der Waals surface area contributed by atoms with Gasteiger partial charge in [-0.3, -0.25) is 4.68 Å². The van der Waals surface area contributed by atoms with E-state index in [9.17, 15) is 5.11 Å². The first kappa shape index (κ1) is 13.5. The molecule has 5 heteroatoms. The third kappa shape index (κ3) is 2.75. The van der Waals surface area contributed by atoms with Gasteiger partial charge in [-0.05, 0) is 13.3 Å². The van der Waals surface area contributed by atoms with E-state index < -0.39 is 6.10 Å². The molecular formula is C11H19ClN2O2. The van der Waals surface area contributed by atoms with Crippen molar-refractivity contribution in [2.24, 2.45) is 7.05 Å². The molecule has 1 aromatic rings. The van der Waals surface area contributed by atoms with E-state index in [0.717, 1.165) is 17.7 Å². The highest BCUT2D eigenvalue weighted by atomic mass is 35.5. The number of halogens is 1. The van der Waals surface area contributed by atoms with E-state index in [-0.39, 0.29) is 6.10 Å². The van der Waals surface area contributed by atoms with Gasteiger partial charge in [-0.1, -0.05) is 18.5 Å². The summed E-state index contributed by atoms with van der Waals surface area (Å²) in [5.74, 6) is 0. The number of aliphatic hydroxyl groups is 1. The Bertz CT molecular complexity index is 348. The Balaban J connectivity index is 2.80. The molecular weight excluding hydrogens is 228 g/mol. The predicted octanol–water partition coefficient (Wildman–Crippen LogP) is 1.71. The molecule has 1 rings (SSSR count). The summed E-state index contributed by atoms with van der Waals surface area (Å²) in [5.41, 5.74) is 1.75. The molecule has 0 aliphatic rings. The normalized spacial score (nSPS) is 15.1. The smallest absolute Gasteiger partial charge is 0.130 e. The van der Waals surface area contributed by atoms with Crippen LogP contribution in [-0.2, 0) is 18.2 Å². The maximum Gasteiger partial charge on any atom is 0.130 e. The second kappa shape index (κ2) is 5.66. The molecule has 92 valence electrons. The second-order valence-electron chi connectivity index (χ2n) is 3.93. The first-order valence-corrected chi connectivity index (χ1v) is 5.77. The largest absolute Gasteiger partial charge is 0.390 e. The lowest BCUT2D eigenvalue weighted by molar-refractivity contribution is -0.0129. The van der Waals surface area contributed by atoms with Crippen LogP contribution in [0.2, 0.25) is 5.15 Å². The standard InChI is InChI=1S/C11H19ClN2O2/c1-5-10(16-4)9(15)6-8-7(2)13-14(3)11(8)12/h9-10,15H,5-6H2,1-4H3. The molecule has 0 amide bonds. The summed E-state index contributed by atoms with van der Waals surface area (Å²) in [4.78, 5) is 0. The highest BCUT2D eigenvalue weighted by Gasteiger charge is 2.21. The number of nitrogens with zero attached hydrogens (tertiary/aromatic N) is 2. The fourth-order valence-corrected chi connectivity index (χ4v) is 2.09. The van der Waals surface area contributed by atoms with Gasteiger partial charge in [0, 0.05) is 26.1 Å². The Labute approximate surface area is 101 Å². The summed E-state index contributed by atoms with van der Waals surface area (Å²) in [6, 6.07) is 0. The fraction of sp³-hybridized carbons (Fsp3) is 0.727. The molecule has 16 heavy (non-hydrogen) atoms. The number of hydrogen-bond donors (Lipinski definition) is 1. The number of methoxy groups -OCH3 is 1. The summed E-state index contributed by atoms with van der Waals surface area (Å²) in [5, 5.41) is 14.8. The third-order valence-electron chi connectivity index (χ3n) is 2.82. The Morgan fingerprint density at radius 2 is 2.19 bits per heavy atom. The van der Waals surface area contributed by atoms with Crippen LogP contribution in [0.3, 0.4) is 0 Å². The molecule has 0 radical (unpaired) electrons. The molecule has 0 spiro atoms. The summed E-state index contributed by atoms with van der Waals surface area (Å²) < 4.78 is 6.82. The minimum atomic E-state index is -0.546. The van der Waals surface area contributed by atoms with Crippen LogP contribution < -0.4 is 0 Å². The number of aryl methyl sites for hydroxylation is 2. The minimum Gasteiger partial charge on any atom is -0.390 e. The monoisotopic (exact) mass is 246 g/mol. The molecule has 2 atom stereocenters. The average Bonchev–Trinajstić information content (AvgIpc) is 2.47. The topological polar surface area (TPSA) is 47.3 Å². The highest BCUT2D eigenvalue weighted by molar-refractivity contribution is 6.30. The highest BCUT2D eigenvalue weighted by Crippen LogP contribution is 2.21. The zero-order valence-electron chi connectivity index (χ0n) is 10.2. The SMILES string of the molecule is CCC(OC)C(O)Cc1c(C)nn(C)c1Cl. The van der Waals surface area contributed by atoms with Gasteiger partial charge in [0.1, 0.15) is 5.15 Å². The van der Waals surface area contributed by atoms with Crippen molar-refractivity contribution in [1.82, 2.24) is 9.78 Å². The van der Waals surface area contributed by atoms with E-state index in [1.165, 1.54) is 0 Å². The molecule has 0 saturated carbocycles. The molecule has 0 fully saturated rings. The first-order valence-electron chi connectivity index (χ1n) is 5.40. The van der Waals surface area contributed by atoms with Gasteiger partial charge in [0.05, 0.1) is 17.9 Å². The Kier molecular flexibility index (Phi) is 4.77. The van der Waals surface area contributed by atoms with Gasteiger partial charge in [0.25, 0.3) is 0 Å². The maximum absolute atomic E-state index is 10.00. The Morgan fingerprint density at radius 3 is 2.56 bits per heavy atom. The van der Waals surface area contributed by atoms with Crippen LogP contribution in [0.4, 0.5) is 0 Å². The molecule has 4 nitrogen and oxygen atoms in total. The average molecular weight is 247 g/mol. The van der Waals surface area contributed by atoms with Crippen LogP contribution in [0.5, 0.6) is 0 Å². The Morgan fingerprint density at radius 1 is 1.56 bits per heavy atom. The van der Waals surface area contributed by atoms with E-state index in [0.29, 0.717) is 11.6 Å². The molecule has 1 N–H and O–H groups in total. The third-order valence-corrected chi connectivity index (χ3v) is 3.29. The van der Waals surface area contributed by atoms with Gasteiger partial charge in [-0.2, -0.15) is 5.10 Å². The van der Waals surface area contributed by atoms with Crippen LogP contribution in [-0.4, -0.2) is 34.2 Å². The molecule has 0 saturated heterocycles. The number of hydrogen-bond acceptors (Lipinski definition) is 3. The summed E-state index contributed by atoms with van der Waals surface area (Å²) in [6.07, 6.45) is 0.547. The van der Waals surface area contributed by atoms with Gasteiger partial charge < -0.3 is 9.84 Å². The molecule has 0 aliphatic heterocycles. The van der Waals surface area contributed by atoms with Crippen LogP contribution in [0.1, 0.15) is 24.6 Å². The van der Waals surface area contributed by atoms with Crippen molar-refractivity contribution < 1.29 is 9.84 Å². The van der Waals surface area contributed by atoms with Crippen molar-refractivity contribution in [2.45, 2.75) is 38.9 Å². The Hall–Kier alpha value is -0.580. The lowest BCUT2D eigenvalue weighted by Crippen LogP contribution is -2.29. The predicted molar refractivity (Wildman–Crippen MR) is 63.8 cm³/mol. The maximum atomic E-state index is 10.00. The lowest BCUT2D eigenvalue weighted by atomic mass is 10.0. The van der Waals surface area contributed by atoms with Crippen molar-refractivity contribution >= 4 is 11.6 Å². The van der Waals surface area contributed by atoms with Crippen LogP contribution >= 0.6 is 11.6 Å². The number of aromatic nitrogens is 2. The van der Waals surface area contributed by atoms with Gasteiger partial charge >= 0.3 is 0 Å². The second-order valence-corrected chi connectivity index (χ2v) is 4.29.